The zero-order valence-electron chi connectivity index (χ0n) is 15.0. The van der Waals surface area contributed by atoms with Crippen molar-refractivity contribution >= 4 is 21.8 Å². The molecule has 0 fully saturated rings. The van der Waals surface area contributed by atoms with Gasteiger partial charge in [-0.15, -0.1) is 0 Å². The lowest BCUT2D eigenvalue weighted by Crippen LogP contribution is -2.40. The molecule has 2 aromatic rings. The molecule has 0 atom stereocenters. The number of hydrogen-bond donors (Lipinski definition) is 2. The first-order chi connectivity index (χ1) is 12.8. The number of nitrogens with two attached hydrogens (primary N) is 1. The molecule has 0 bridgehead atoms. The van der Waals surface area contributed by atoms with Gasteiger partial charge in [0.05, 0.1) is 23.7 Å². The van der Waals surface area contributed by atoms with Crippen molar-refractivity contribution in [3.63, 3.8) is 0 Å². The van der Waals surface area contributed by atoms with Crippen molar-refractivity contribution in [1.82, 2.24) is 15.2 Å². The second-order valence-corrected chi connectivity index (χ2v) is 7.55. The third-order valence-electron chi connectivity index (χ3n) is 3.85. The minimum atomic E-state index is -3.71. The predicted octanol–water partition coefficient (Wildman–Crippen LogP) is 0.436. The van der Waals surface area contributed by atoms with Crippen molar-refractivity contribution < 1.29 is 18.0 Å². The van der Waals surface area contributed by atoms with Crippen LogP contribution in [-0.4, -0.2) is 43.2 Å². The Morgan fingerprint density at radius 2 is 1.85 bits per heavy atom. The molecule has 0 aliphatic rings. The van der Waals surface area contributed by atoms with E-state index in [0.717, 1.165) is 5.56 Å². The second-order valence-electron chi connectivity index (χ2n) is 5.99. The summed E-state index contributed by atoms with van der Waals surface area (Å²) in [4.78, 5) is 29.5. The zero-order valence-corrected chi connectivity index (χ0v) is 15.8. The summed E-state index contributed by atoms with van der Waals surface area (Å²) in [5, 5.41) is 7.80. The summed E-state index contributed by atoms with van der Waals surface area (Å²) in [5.74, 6) is -0.489. The van der Waals surface area contributed by atoms with E-state index in [0.29, 0.717) is 18.7 Å². The van der Waals surface area contributed by atoms with E-state index in [9.17, 15) is 18.0 Å². The number of nitrogens with one attached hydrogen (secondary N) is 1. The minimum Gasteiger partial charge on any atom is -0.354 e. The van der Waals surface area contributed by atoms with E-state index >= 15 is 0 Å². The maximum Gasteiger partial charge on any atom is 0.239 e. The first-order valence-electron chi connectivity index (χ1n) is 8.29. The highest BCUT2D eigenvalue weighted by Gasteiger charge is 2.14. The lowest BCUT2D eigenvalue weighted by atomic mass is 10.1. The van der Waals surface area contributed by atoms with Crippen LogP contribution in [0.1, 0.15) is 18.2 Å². The van der Waals surface area contributed by atoms with Crippen LogP contribution < -0.4 is 10.5 Å². The van der Waals surface area contributed by atoms with Crippen LogP contribution in [0.4, 0.5) is 0 Å². The Morgan fingerprint density at radius 1 is 1.15 bits per heavy atom. The number of hydrogen-bond acceptors (Lipinski definition) is 5. The quantitative estimate of drug-likeness (QED) is 0.677. The fraction of sp³-hybridized carbons (Fsp3) is 0.278. The Hall–Kier alpha value is -2.78. The Bertz CT molecular complexity index is 883. The molecule has 144 valence electrons. The van der Waals surface area contributed by atoms with E-state index in [-0.39, 0.29) is 29.8 Å². The zero-order chi connectivity index (χ0) is 19.9. The molecule has 8 nitrogen and oxygen atoms in total. The molecule has 2 amide bonds. The Balaban J connectivity index is 1.83. The number of carbonyl (C=O) groups excluding carboxylic acids is 2. The molecule has 0 aliphatic carbocycles. The van der Waals surface area contributed by atoms with E-state index < -0.39 is 10.0 Å². The van der Waals surface area contributed by atoms with Crippen LogP contribution in [0.3, 0.4) is 0 Å². The third kappa shape index (κ3) is 6.80. The van der Waals surface area contributed by atoms with Gasteiger partial charge in [-0.3, -0.25) is 14.6 Å². The molecule has 1 aromatic heterocycles. The number of rotatable bonds is 8. The van der Waals surface area contributed by atoms with E-state index in [1.807, 2.05) is 6.07 Å². The van der Waals surface area contributed by atoms with Gasteiger partial charge < -0.3 is 10.2 Å². The van der Waals surface area contributed by atoms with Crippen molar-refractivity contribution in [2.45, 2.75) is 24.8 Å². The van der Waals surface area contributed by atoms with E-state index in [4.69, 9.17) is 5.14 Å². The molecule has 0 aliphatic heterocycles. The fourth-order valence-electron chi connectivity index (χ4n) is 2.39. The maximum atomic E-state index is 12.1. The Labute approximate surface area is 158 Å². The molecule has 0 saturated heterocycles. The van der Waals surface area contributed by atoms with Gasteiger partial charge >= 0.3 is 0 Å². The largest absolute Gasteiger partial charge is 0.354 e. The van der Waals surface area contributed by atoms with Gasteiger partial charge in [-0.1, -0.05) is 18.2 Å². The van der Waals surface area contributed by atoms with Gasteiger partial charge in [-0.05, 0) is 36.2 Å². The van der Waals surface area contributed by atoms with Gasteiger partial charge in [-0.25, -0.2) is 13.6 Å². The average molecular weight is 390 g/mol. The van der Waals surface area contributed by atoms with Crippen LogP contribution in [0.5, 0.6) is 0 Å². The average Bonchev–Trinajstić information content (AvgIpc) is 2.61. The number of pyridine rings is 1. The summed E-state index contributed by atoms with van der Waals surface area (Å²) >= 11 is 0. The van der Waals surface area contributed by atoms with Crippen molar-refractivity contribution in [3.05, 3.63) is 59.9 Å². The molecule has 2 rings (SSSR count). The molecule has 9 heteroatoms. The Kier molecular flexibility index (Phi) is 7.03. The summed E-state index contributed by atoms with van der Waals surface area (Å²) < 4.78 is 22.4. The molecule has 1 aromatic carbocycles. The second kappa shape index (κ2) is 9.24. The topological polar surface area (TPSA) is 122 Å². The number of aromatic nitrogens is 1. The molecular weight excluding hydrogens is 368 g/mol. The summed E-state index contributed by atoms with van der Waals surface area (Å²) in [6.45, 7) is 1.97. The first-order valence-corrected chi connectivity index (χ1v) is 9.84. The van der Waals surface area contributed by atoms with Gasteiger partial charge in [0.1, 0.15) is 0 Å². The van der Waals surface area contributed by atoms with Gasteiger partial charge in [0.2, 0.25) is 21.8 Å². The monoisotopic (exact) mass is 390 g/mol. The molecule has 0 unspecified atom stereocenters. The predicted molar refractivity (Wildman–Crippen MR) is 99.9 cm³/mol. The van der Waals surface area contributed by atoms with Crippen LogP contribution in [0.25, 0.3) is 0 Å². The van der Waals surface area contributed by atoms with E-state index in [1.165, 1.54) is 24.0 Å². The van der Waals surface area contributed by atoms with Crippen LogP contribution >= 0.6 is 0 Å². The maximum absolute atomic E-state index is 12.1. The third-order valence-corrected chi connectivity index (χ3v) is 4.78. The van der Waals surface area contributed by atoms with Gasteiger partial charge in [-0.2, -0.15) is 0 Å². The summed E-state index contributed by atoms with van der Waals surface area (Å²) in [7, 11) is -3.71. The summed E-state index contributed by atoms with van der Waals surface area (Å²) in [6, 6.07) is 11.5. The molecule has 1 heterocycles. The Morgan fingerprint density at radius 3 is 2.41 bits per heavy atom. The molecular formula is C18H22N4O4S. The van der Waals surface area contributed by atoms with Crippen molar-refractivity contribution in [2.75, 3.05) is 13.1 Å². The summed E-state index contributed by atoms with van der Waals surface area (Å²) in [6.07, 6.45) is 2.16. The van der Waals surface area contributed by atoms with Crippen LogP contribution in [0, 0.1) is 0 Å². The lowest BCUT2D eigenvalue weighted by molar-refractivity contribution is -0.134. The van der Waals surface area contributed by atoms with Crippen LogP contribution in [0.2, 0.25) is 0 Å². The van der Waals surface area contributed by atoms with Crippen molar-refractivity contribution in [1.29, 1.82) is 0 Å². The number of amides is 2. The standard InChI is InChI=1S/C18H22N4O4S/c1-14(23)22(12-16-4-2-3-10-20-16)13-18(24)21-11-9-15-5-7-17(8-6-15)27(19,25)26/h2-8,10H,9,11-13H2,1H3,(H,21,24)(H2,19,25,26). The van der Waals surface area contributed by atoms with Gasteiger partial charge in [0.25, 0.3) is 0 Å². The summed E-state index contributed by atoms with van der Waals surface area (Å²) in [5.41, 5.74) is 1.56. The molecule has 27 heavy (non-hydrogen) atoms. The van der Waals surface area contributed by atoms with E-state index in [1.54, 1.807) is 30.5 Å². The van der Waals surface area contributed by atoms with Crippen LogP contribution in [-0.2, 0) is 32.6 Å². The SMILES string of the molecule is CC(=O)N(CC(=O)NCCc1ccc(S(N)(=O)=O)cc1)Cc1ccccn1. The van der Waals surface area contributed by atoms with Gasteiger partial charge in [0, 0.05) is 19.7 Å². The number of benzene rings is 1. The highest BCUT2D eigenvalue weighted by Crippen LogP contribution is 2.09. The number of primary sulfonamides is 1. The van der Waals surface area contributed by atoms with Crippen LogP contribution in [0.15, 0.2) is 53.6 Å². The van der Waals surface area contributed by atoms with E-state index in [2.05, 4.69) is 10.3 Å². The smallest absolute Gasteiger partial charge is 0.239 e. The number of nitrogens with zero attached hydrogens (tertiary/aromatic N) is 2. The first kappa shape index (κ1) is 20.5. The fourth-order valence-corrected chi connectivity index (χ4v) is 2.90. The normalized spacial score (nSPS) is 11.0. The molecule has 3 N–H and O–H groups in total. The molecule has 0 radical (unpaired) electrons. The minimum absolute atomic E-state index is 0.0434. The van der Waals surface area contributed by atoms with Crippen molar-refractivity contribution in [3.8, 4) is 0 Å². The highest BCUT2D eigenvalue weighted by atomic mass is 32.2. The number of sulfonamides is 1. The molecule has 0 saturated carbocycles. The van der Waals surface area contributed by atoms with Gasteiger partial charge in [0.15, 0.2) is 0 Å². The lowest BCUT2D eigenvalue weighted by Gasteiger charge is -2.20. The highest BCUT2D eigenvalue weighted by molar-refractivity contribution is 7.89. The van der Waals surface area contributed by atoms with Crippen molar-refractivity contribution in [2.24, 2.45) is 5.14 Å². The molecule has 0 spiro atoms. The number of carbonyl (C=O) groups is 2.